The molecule has 0 amide bonds. The number of rotatable bonds is 2. The van der Waals surface area contributed by atoms with Crippen LogP contribution in [-0.4, -0.2) is 13.7 Å². The summed E-state index contributed by atoms with van der Waals surface area (Å²) in [7, 11) is 1.58. The number of hydrogen-bond acceptors (Lipinski definition) is 3. The largest absolute Gasteiger partial charge is 0.492 e. The minimum absolute atomic E-state index is 0.0787. The molecule has 1 atom stereocenters. The van der Waals surface area contributed by atoms with Crippen molar-refractivity contribution in [2.24, 2.45) is 0 Å². The summed E-state index contributed by atoms with van der Waals surface area (Å²) in [5, 5.41) is 1.15. The van der Waals surface area contributed by atoms with Crippen molar-refractivity contribution in [2.45, 2.75) is 12.5 Å². The molecule has 0 saturated carbocycles. The Morgan fingerprint density at radius 3 is 3.00 bits per heavy atom. The summed E-state index contributed by atoms with van der Waals surface area (Å²) < 4.78 is 5.50. The molecule has 1 N–H and O–H groups in total. The van der Waals surface area contributed by atoms with Crippen LogP contribution in [0.5, 0.6) is 5.75 Å². The summed E-state index contributed by atoms with van der Waals surface area (Å²) in [4.78, 5) is 4.93. The summed E-state index contributed by atoms with van der Waals surface area (Å²) in [6, 6.07) is 3.60. The van der Waals surface area contributed by atoms with Crippen LogP contribution in [0.4, 0.5) is 0 Å². The Bertz CT molecular complexity index is 371. The molecule has 0 fully saturated rings. The van der Waals surface area contributed by atoms with Gasteiger partial charge in [0.2, 0.25) is 0 Å². The number of ether oxygens (including phenoxy) is 1. The lowest BCUT2D eigenvalue weighted by Crippen LogP contribution is -2.26. The third-order valence-electron chi connectivity index (χ3n) is 2.33. The van der Waals surface area contributed by atoms with Crippen molar-refractivity contribution in [1.82, 2.24) is 5.48 Å². The molecule has 82 valence electrons. The van der Waals surface area contributed by atoms with Crippen molar-refractivity contribution in [1.29, 1.82) is 0 Å². The van der Waals surface area contributed by atoms with Crippen LogP contribution in [0.1, 0.15) is 18.0 Å². The molecule has 1 aliphatic heterocycles. The van der Waals surface area contributed by atoms with E-state index in [-0.39, 0.29) is 6.04 Å². The van der Waals surface area contributed by atoms with Crippen molar-refractivity contribution in [3.63, 3.8) is 0 Å². The maximum Gasteiger partial charge on any atom is 0.142 e. The van der Waals surface area contributed by atoms with Crippen LogP contribution in [0.15, 0.2) is 12.1 Å². The first kappa shape index (κ1) is 11.0. The summed E-state index contributed by atoms with van der Waals surface area (Å²) in [5.74, 6) is 0.696. The van der Waals surface area contributed by atoms with E-state index in [0.29, 0.717) is 22.4 Å². The fourth-order valence-corrected chi connectivity index (χ4v) is 2.25. The molecule has 1 aromatic rings. The van der Waals surface area contributed by atoms with Gasteiger partial charge in [0.15, 0.2) is 0 Å². The summed E-state index contributed by atoms with van der Waals surface area (Å²) in [6.45, 7) is 0.620. The number of hydrogen-bond donors (Lipinski definition) is 1. The molecule has 3 nitrogen and oxygen atoms in total. The van der Waals surface area contributed by atoms with Crippen LogP contribution in [0, 0.1) is 0 Å². The molecule has 1 unspecified atom stereocenters. The highest BCUT2D eigenvalue weighted by Crippen LogP contribution is 2.39. The van der Waals surface area contributed by atoms with Crippen molar-refractivity contribution in [2.75, 3.05) is 13.7 Å². The second kappa shape index (κ2) is 4.58. The van der Waals surface area contributed by atoms with E-state index in [0.717, 1.165) is 12.0 Å². The second-order valence-corrected chi connectivity index (χ2v) is 4.16. The van der Waals surface area contributed by atoms with Gasteiger partial charge in [0.05, 0.1) is 24.8 Å². The maximum atomic E-state index is 6.03. The van der Waals surface area contributed by atoms with Gasteiger partial charge in [-0.15, -0.1) is 0 Å². The molecule has 0 radical (unpaired) electrons. The van der Waals surface area contributed by atoms with E-state index in [1.165, 1.54) is 0 Å². The van der Waals surface area contributed by atoms with E-state index in [4.69, 9.17) is 32.8 Å². The van der Waals surface area contributed by atoms with Crippen LogP contribution in [-0.2, 0) is 4.84 Å². The standard InChI is InChI=1S/C10H11Cl2NO2/c1-14-13-9-2-3-15-10-7(9)4-6(11)5-8(10)12/h4-5,9,13H,2-3H2,1H3. The van der Waals surface area contributed by atoms with Crippen LogP contribution < -0.4 is 10.2 Å². The van der Waals surface area contributed by atoms with E-state index in [2.05, 4.69) is 5.48 Å². The predicted octanol–water partition coefficient (Wildman–Crippen LogP) is 2.97. The molecule has 2 rings (SSSR count). The minimum atomic E-state index is 0.0787. The highest BCUT2D eigenvalue weighted by atomic mass is 35.5. The quantitative estimate of drug-likeness (QED) is 0.816. The average Bonchev–Trinajstić information content (AvgIpc) is 2.19. The van der Waals surface area contributed by atoms with Crippen molar-refractivity contribution >= 4 is 23.2 Å². The first-order valence-corrected chi connectivity index (χ1v) is 5.38. The van der Waals surface area contributed by atoms with Crippen LogP contribution in [0.25, 0.3) is 0 Å². The second-order valence-electron chi connectivity index (χ2n) is 3.32. The SMILES string of the molecule is CONC1CCOc2c(Cl)cc(Cl)cc21. The maximum absolute atomic E-state index is 6.03. The molecule has 1 aromatic carbocycles. The van der Waals surface area contributed by atoms with Gasteiger partial charge >= 0.3 is 0 Å². The first-order chi connectivity index (χ1) is 7.22. The predicted molar refractivity (Wildman–Crippen MR) is 59.5 cm³/mol. The third kappa shape index (κ3) is 2.21. The van der Waals surface area contributed by atoms with Crippen LogP contribution >= 0.6 is 23.2 Å². The van der Waals surface area contributed by atoms with Gasteiger partial charge in [0.1, 0.15) is 5.75 Å². The lowest BCUT2D eigenvalue weighted by Gasteiger charge is -2.26. The lowest BCUT2D eigenvalue weighted by molar-refractivity contribution is 0.0463. The van der Waals surface area contributed by atoms with E-state index in [1.807, 2.05) is 6.07 Å². The molecule has 15 heavy (non-hydrogen) atoms. The summed E-state index contributed by atoms with van der Waals surface area (Å²) in [5.41, 5.74) is 3.84. The Morgan fingerprint density at radius 1 is 1.47 bits per heavy atom. The summed E-state index contributed by atoms with van der Waals surface area (Å²) >= 11 is 12.0. The zero-order valence-electron chi connectivity index (χ0n) is 8.22. The van der Waals surface area contributed by atoms with E-state index < -0.39 is 0 Å². The monoisotopic (exact) mass is 247 g/mol. The van der Waals surface area contributed by atoms with Crippen molar-refractivity contribution < 1.29 is 9.57 Å². The third-order valence-corrected chi connectivity index (χ3v) is 2.82. The normalized spacial score (nSPS) is 19.5. The van der Waals surface area contributed by atoms with Gasteiger partial charge in [-0.3, -0.25) is 0 Å². The van der Waals surface area contributed by atoms with Gasteiger partial charge in [-0.25, -0.2) is 0 Å². The molecule has 5 heteroatoms. The minimum Gasteiger partial charge on any atom is -0.492 e. The topological polar surface area (TPSA) is 30.5 Å². The van der Waals surface area contributed by atoms with Crippen molar-refractivity contribution in [3.05, 3.63) is 27.7 Å². The Morgan fingerprint density at radius 2 is 2.27 bits per heavy atom. The molecular formula is C10H11Cl2NO2. The highest BCUT2D eigenvalue weighted by Gasteiger charge is 2.24. The smallest absolute Gasteiger partial charge is 0.142 e. The summed E-state index contributed by atoms with van der Waals surface area (Å²) in [6.07, 6.45) is 0.831. The number of halogens is 2. The number of fused-ring (bicyclic) bond motifs is 1. The first-order valence-electron chi connectivity index (χ1n) is 4.62. The van der Waals surface area contributed by atoms with Gasteiger partial charge in [0.25, 0.3) is 0 Å². The molecule has 0 aliphatic carbocycles. The van der Waals surface area contributed by atoms with Gasteiger partial charge in [0, 0.05) is 17.0 Å². The van der Waals surface area contributed by atoms with Crippen molar-refractivity contribution in [3.8, 4) is 5.75 Å². The molecule has 0 spiro atoms. The molecular weight excluding hydrogens is 237 g/mol. The fraction of sp³-hybridized carbons (Fsp3) is 0.400. The molecule has 0 aromatic heterocycles. The van der Waals surface area contributed by atoms with Gasteiger partial charge in [-0.1, -0.05) is 23.2 Å². The molecule has 1 aliphatic rings. The molecule has 0 bridgehead atoms. The number of nitrogens with one attached hydrogen (secondary N) is 1. The van der Waals surface area contributed by atoms with E-state index in [1.54, 1.807) is 13.2 Å². The number of benzene rings is 1. The highest BCUT2D eigenvalue weighted by molar-refractivity contribution is 6.35. The number of hydroxylamine groups is 1. The van der Waals surface area contributed by atoms with E-state index in [9.17, 15) is 0 Å². The van der Waals surface area contributed by atoms with Crippen LogP contribution in [0.3, 0.4) is 0 Å². The Kier molecular flexibility index (Phi) is 3.36. The van der Waals surface area contributed by atoms with Crippen LogP contribution in [0.2, 0.25) is 10.0 Å². The molecule has 1 heterocycles. The zero-order chi connectivity index (χ0) is 10.8. The Hall–Kier alpha value is -0.480. The molecule has 0 saturated heterocycles. The Labute approximate surface area is 98.2 Å². The Balaban J connectivity index is 2.41. The zero-order valence-corrected chi connectivity index (χ0v) is 9.73. The fourth-order valence-electron chi connectivity index (χ4n) is 1.69. The van der Waals surface area contributed by atoms with Gasteiger partial charge in [-0.2, -0.15) is 5.48 Å². The lowest BCUT2D eigenvalue weighted by atomic mass is 10.0. The van der Waals surface area contributed by atoms with Gasteiger partial charge < -0.3 is 9.57 Å². The average molecular weight is 248 g/mol. The van der Waals surface area contributed by atoms with E-state index >= 15 is 0 Å². The van der Waals surface area contributed by atoms with Gasteiger partial charge in [-0.05, 0) is 12.1 Å².